The molecule has 54 heavy (non-hydrogen) atoms. The van der Waals surface area contributed by atoms with E-state index in [4.69, 9.17) is 0 Å². The van der Waals surface area contributed by atoms with Crippen LogP contribution in [0.2, 0.25) is 0 Å². The quantitative estimate of drug-likeness (QED) is 0.160. The van der Waals surface area contributed by atoms with Gasteiger partial charge in [-0.3, -0.25) is 0 Å². The van der Waals surface area contributed by atoms with E-state index < -0.39 is 0 Å². The molecule has 0 fully saturated rings. The molecule has 0 N–H and O–H groups in total. The molecule has 0 unspecified atom stereocenters. The van der Waals surface area contributed by atoms with Crippen LogP contribution in [0, 0.1) is 0 Å². The van der Waals surface area contributed by atoms with Crippen molar-refractivity contribution in [1.82, 2.24) is 0 Å². The van der Waals surface area contributed by atoms with Crippen molar-refractivity contribution in [3.8, 4) is 33.4 Å². The predicted molar refractivity (Wildman–Crippen MR) is 239 cm³/mol. The highest BCUT2D eigenvalue weighted by atomic mass is 32.1. The molecule has 2 heteroatoms. The summed E-state index contributed by atoms with van der Waals surface area (Å²) in [5.41, 5.74) is 7.73. The average molecular weight is 719 g/mol. The van der Waals surface area contributed by atoms with Gasteiger partial charge in [0, 0.05) is 45.9 Å². The summed E-state index contributed by atoms with van der Waals surface area (Å²) in [5.74, 6) is 0. The fraction of sp³-hybridized carbons (Fsp3) is 0. The molecule has 12 rings (SSSR count). The van der Waals surface area contributed by atoms with Crippen LogP contribution in [-0.4, -0.2) is 0 Å². The van der Waals surface area contributed by atoms with Crippen LogP contribution in [0.1, 0.15) is 0 Å². The van der Waals surface area contributed by atoms with Gasteiger partial charge in [-0.2, -0.15) is 0 Å². The SMILES string of the molecule is c1ccc2c(-c3c4ccccc4c(-c4ccc(-c5cc6sc7ccccc7c6c6c5sc5ccccc56)c5ccccc45)c4ccccc34)cccc2c1. The molecule has 0 amide bonds. The van der Waals surface area contributed by atoms with E-state index in [9.17, 15) is 0 Å². The minimum atomic E-state index is 1.26. The first-order valence-electron chi connectivity index (χ1n) is 18.5. The summed E-state index contributed by atoms with van der Waals surface area (Å²) in [6.07, 6.45) is 0. The van der Waals surface area contributed by atoms with E-state index >= 15 is 0 Å². The molecule has 0 aliphatic heterocycles. The van der Waals surface area contributed by atoms with Crippen LogP contribution in [0.4, 0.5) is 0 Å². The van der Waals surface area contributed by atoms with Crippen molar-refractivity contribution in [2.45, 2.75) is 0 Å². The number of hydrogen-bond donors (Lipinski definition) is 0. The van der Waals surface area contributed by atoms with Gasteiger partial charge in [0.05, 0.1) is 0 Å². The molecule has 10 aromatic carbocycles. The second kappa shape index (κ2) is 11.6. The Hall–Kier alpha value is -6.32. The van der Waals surface area contributed by atoms with Gasteiger partial charge in [0.2, 0.25) is 0 Å². The smallest absolute Gasteiger partial charge is 0.0441 e. The highest BCUT2D eigenvalue weighted by Gasteiger charge is 2.22. The third kappa shape index (κ3) is 4.24. The zero-order chi connectivity index (χ0) is 35.3. The van der Waals surface area contributed by atoms with E-state index in [1.165, 1.54) is 117 Å². The zero-order valence-corrected chi connectivity index (χ0v) is 30.8. The summed E-state index contributed by atoms with van der Waals surface area (Å²) in [7, 11) is 0. The van der Waals surface area contributed by atoms with Crippen LogP contribution < -0.4 is 0 Å². The van der Waals surface area contributed by atoms with Crippen LogP contribution in [0.15, 0.2) is 182 Å². The third-order valence-electron chi connectivity index (χ3n) is 11.5. The van der Waals surface area contributed by atoms with Crippen LogP contribution in [-0.2, 0) is 0 Å². The van der Waals surface area contributed by atoms with Gasteiger partial charge in [0.1, 0.15) is 0 Å². The monoisotopic (exact) mass is 718 g/mol. The number of fused-ring (bicyclic) bond motifs is 11. The Kier molecular flexibility index (Phi) is 6.48. The highest BCUT2D eigenvalue weighted by molar-refractivity contribution is 7.28. The maximum atomic E-state index is 2.48. The molecule has 0 bridgehead atoms. The Balaban J connectivity index is 1.18. The maximum Gasteiger partial charge on any atom is 0.0441 e. The Morgan fingerprint density at radius 2 is 0.704 bits per heavy atom. The number of thiophene rings is 2. The van der Waals surface area contributed by atoms with E-state index in [1.54, 1.807) is 0 Å². The minimum Gasteiger partial charge on any atom is -0.135 e. The second-order valence-corrected chi connectivity index (χ2v) is 16.4. The van der Waals surface area contributed by atoms with Gasteiger partial charge in [-0.15, -0.1) is 22.7 Å². The molecular formula is C52H30S2. The van der Waals surface area contributed by atoms with Crippen molar-refractivity contribution in [2.75, 3.05) is 0 Å². The molecule has 0 saturated carbocycles. The second-order valence-electron chi connectivity index (χ2n) is 14.3. The third-order valence-corrected chi connectivity index (χ3v) is 13.8. The predicted octanol–water partition coefficient (Wildman–Crippen LogP) is 16.0. The first-order valence-corrected chi connectivity index (χ1v) is 20.1. The van der Waals surface area contributed by atoms with E-state index in [0.717, 1.165) is 0 Å². The summed E-state index contributed by atoms with van der Waals surface area (Å²) >= 11 is 3.84. The van der Waals surface area contributed by atoms with Gasteiger partial charge in [-0.25, -0.2) is 0 Å². The topological polar surface area (TPSA) is 0 Å². The van der Waals surface area contributed by atoms with E-state index in [2.05, 4.69) is 182 Å². The normalized spacial score (nSPS) is 12.1. The molecule has 2 heterocycles. The van der Waals surface area contributed by atoms with Gasteiger partial charge < -0.3 is 0 Å². The summed E-state index contributed by atoms with van der Waals surface area (Å²) in [6.45, 7) is 0. The average Bonchev–Trinajstić information content (AvgIpc) is 3.81. The lowest BCUT2D eigenvalue weighted by Gasteiger charge is -2.20. The van der Waals surface area contributed by atoms with Gasteiger partial charge >= 0.3 is 0 Å². The molecule has 0 saturated heterocycles. The van der Waals surface area contributed by atoms with Crippen LogP contribution in [0.5, 0.6) is 0 Å². The van der Waals surface area contributed by atoms with Gasteiger partial charge in [0.15, 0.2) is 0 Å². The molecule has 0 aliphatic rings. The maximum absolute atomic E-state index is 2.48. The lowest BCUT2D eigenvalue weighted by Crippen LogP contribution is -1.93. The zero-order valence-electron chi connectivity index (χ0n) is 29.1. The Morgan fingerprint density at radius 1 is 0.259 bits per heavy atom. The number of hydrogen-bond acceptors (Lipinski definition) is 2. The summed E-state index contributed by atoms with van der Waals surface area (Å²) in [4.78, 5) is 0. The first kappa shape index (κ1) is 30.2. The molecular weight excluding hydrogens is 689 g/mol. The molecule has 0 spiro atoms. The molecule has 0 aliphatic carbocycles. The van der Waals surface area contributed by atoms with Crippen LogP contribution >= 0.6 is 22.7 Å². The summed E-state index contributed by atoms with van der Waals surface area (Å²) < 4.78 is 5.38. The molecule has 0 radical (unpaired) electrons. The van der Waals surface area contributed by atoms with Crippen molar-refractivity contribution in [3.63, 3.8) is 0 Å². The van der Waals surface area contributed by atoms with Crippen molar-refractivity contribution < 1.29 is 0 Å². The highest BCUT2D eigenvalue weighted by Crippen LogP contribution is 2.51. The number of rotatable bonds is 3. The van der Waals surface area contributed by atoms with Gasteiger partial charge in [-0.1, -0.05) is 164 Å². The standard InChI is InChI=1S/C52H30S2/c1-2-16-32-31(14-1)15-13-25-36(32)48-37-19-5-7-21-39(37)49(40-22-8-6-20-38(40)48)41-29-28-35(33-17-3-4-18-34(33)41)44-30-47-50(42-23-9-11-26-45(42)53-47)51-43-24-10-12-27-46(43)54-52(44)51/h1-30H. The fourth-order valence-corrected chi connectivity index (χ4v) is 11.6. The Labute approximate surface area is 319 Å². The van der Waals surface area contributed by atoms with Crippen LogP contribution in [0.25, 0.3) is 117 Å². The fourth-order valence-electron chi connectivity index (χ4n) is 9.21. The Morgan fingerprint density at radius 3 is 1.35 bits per heavy atom. The van der Waals surface area contributed by atoms with Gasteiger partial charge in [-0.05, 0) is 89.1 Å². The van der Waals surface area contributed by atoms with E-state index in [1.807, 2.05) is 22.7 Å². The molecule has 250 valence electrons. The van der Waals surface area contributed by atoms with Crippen molar-refractivity contribution in [2.24, 2.45) is 0 Å². The van der Waals surface area contributed by atoms with Crippen molar-refractivity contribution in [3.05, 3.63) is 182 Å². The molecule has 0 nitrogen and oxygen atoms in total. The van der Waals surface area contributed by atoms with Crippen LogP contribution in [0.3, 0.4) is 0 Å². The first-order chi connectivity index (χ1) is 26.8. The summed E-state index contributed by atoms with van der Waals surface area (Å²) in [6, 6.07) is 67.7. The molecule has 0 atom stereocenters. The van der Waals surface area contributed by atoms with E-state index in [0.29, 0.717) is 0 Å². The lowest BCUT2D eigenvalue weighted by molar-refractivity contribution is 1.68. The largest absolute Gasteiger partial charge is 0.135 e. The summed E-state index contributed by atoms with van der Waals surface area (Å²) in [5, 5.41) is 15.7. The van der Waals surface area contributed by atoms with E-state index in [-0.39, 0.29) is 0 Å². The van der Waals surface area contributed by atoms with Crippen molar-refractivity contribution >= 4 is 106 Å². The van der Waals surface area contributed by atoms with Gasteiger partial charge in [0.25, 0.3) is 0 Å². The number of benzene rings is 10. The molecule has 12 aromatic rings. The Bertz CT molecular complexity index is 3440. The van der Waals surface area contributed by atoms with Crippen molar-refractivity contribution in [1.29, 1.82) is 0 Å². The molecule has 2 aromatic heterocycles. The lowest BCUT2D eigenvalue weighted by atomic mass is 9.83. The minimum absolute atomic E-state index is 1.26.